The number of rotatable bonds is 5. The lowest BCUT2D eigenvalue weighted by Crippen LogP contribution is -2.12. The smallest absolute Gasteiger partial charge is 0.364 e. The first kappa shape index (κ1) is 18.4. The summed E-state index contributed by atoms with van der Waals surface area (Å²) in [4.78, 5) is 20.6. The van der Waals surface area contributed by atoms with Crippen molar-refractivity contribution in [3.05, 3.63) is 82.4 Å². The van der Waals surface area contributed by atoms with Crippen LogP contribution in [0.15, 0.2) is 59.9 Å². The third-order valence-electron chi connectivity index (χ3n) is 3.43. The maximum atomic E-state index is 12.9. The molecule has 0 fully saturated rings. The van der Waals surface area contributed by atoms with Crippen LogP contribution in [0, 0.1) is 12.7 Å². The number of carbonyl (C=O) groups is 1. The van der Waals surface area contributed by atoms with E-state index in [0.29, 0.717) is 16.7 Å². The molecule has 0 bridgehead atoms. The number of esters is 1. The van der Waals surface area contributed by atoms with Crippen LogP contribution in [-0.2, 0) is 5.75 Å². The van der Waals surface area contributed by atoms with Gasteiger partial charge < -0.3 is 4.74 Å². The third kappa shape index (κ3) is 4.80. The second-order valence-electron chi connectivity index (χ2n) is 5.47. The molecular weight excluding hydrogens is 375 g/mol. The molecule has 1 heterocycles. The summed E-state index contributed by atoms with van der Waals surface area (Å²) in [6.45, 7) is 1.94. The molecule has 0 atom stereocenters. The Morgan fingerprint density at radius 3 is 2.54 bits per heavy atom. The normalized spacial score (nSPS) is 10.6. The average molecular weight is 389 g/mol. The number of hydrogen-bond acceptors (Lipinski definition) is 5. The van der Waals surface area contributed by atoms with E-state index in [4.69, 9.17) is 16.3 Å². The first-order chi connectivity index (χ1) is 12.5. The lowest BCUT2D eigenvalue weighted by Gasteiger charge is -2.07. The number of aromatic nitrogens is 2. The standard InChI is InChI=1S/C19H14ClFN2O2S/c1-12-2-8-15(9-3-12)25-18(24)17-16(20)10-22-19(23-17)26-11-13-4-6-14(21)7-5-13/h2-10H,11H2,1H3. The fraction of sp³-hybridized carbons (Fsp3) is 0.105. The highest BCUT2D eigenvalue weighted by Gasteiger charge is 2.17. The van der Waals surface area contributed by atoms with Crippen LogP contribution < -0.4 is 4.74 Å². The van der Waals surface area contributed by atoms with Crippen molar-refractivity contribution >= 4 is 29.3 Å². The number of hydrogen-bond donors (Lipinski definition) is 0. The number of nitrogens with zero attached hydrogens (tertiary/aromatic N) is 2. The minimum absolute atomic E-state index is 0.00356. The fourth-order valence-corrected chi connectivity index (χ4v) is 2.99. The Labute approximate surface area is 159 Å². The first-order valence-electron chi connectivity index (χ1n) is 7.70. The SMILES string of the molecule is Cc1ccc(OC(=O)c2nc(SCc3ccc(F)cc3)ncc2Cl)cc1. The van der Waals surface area contributed by atoms with Gasteiger partial charge in [-0.05, 0) is 36.8 Å². The van der Waals surface area contributed by atoms with Gasteiger partial charge in [-0.2, -0.15) is 0 Å². The lowest BCUT2D eigenvalue weighted by atomic mass is 10.2. The maximum absolute atomic E-state index is 12.9. The summed E-state index contributed by atoms with van der Waals surface area (Å²) < 4.78 is 18.2. The zero-order chi connectivity index (χ0) is 18.5. The summed E-state index contributed by atoms with van der Waals surface area (Å²) in [5.41, 5.74) is 1.98. The van der Waals surface area contributed by atoms with E-state index in [2.05, 4.69) is 9.97 Å². The Morgan fingerprint density at radius 2 is 1.85 bits per heavy atom. The van der Waals surface area contributed by atoms with Crippen LogP contribution in [-0.4, -0.2) is 15.9 Å². The van der Waals surface area contributed by atoms with Gasteiger partial charge in [-0.3, -0.25) is 0 Å². The second-order valence-corrected chi connectivity index (χ2v) is 6.82. The minimum Gasteiger partial charge on any atom is -0.422 e. The van der Waals surface area contributed by atoms with Crippen LogP contribution in [0.1, 0.15) is 21.6 Å². The summed E-state index contributed by atoms with van der Waals surface area (Å²) in [7, 11) is 0. The zero-order valence-corrected chi connectivity index (χ0v) is 15.4. The number of carbonyl (C=O) groups excluding carboxylic acids is 1. The molecule has 0 saturated carbocycles. The van der Waals surface area contributed by atoms with Gasteiger partial charge in [0.2, 0.25) is 0 Å². The lowest BCUT2D eigenvalue weighted by molar-refractivity contribution is 0.0727. The van der Waals surface area contributed by atoms with Crippen molar-refractivity contribution in [3.63, 3.8) is 0 Å². The second kappa shape index (κ2) is 8.29. The first-order valence-corrected chi connectivity index (χ1v) is 9.06. The Bertz CT molecular complexity index is 918. The topological polar surface area (TPSA) is 52.1 Å². The molecule has 0 aliphatic rings. The predicted molar refractivity (Wildman–Crippen MR) is 99.1 cm³/mol. The van der Waals surface area contributed by atoms with Crippen molar-refractivity contribution in [2.45, 2.75) is 17.8 Å². The van der Waals surface area contributed by atoms with Gasteiger partial charge >= 0.3 is 5.97 Å². The van der Waals surface area contributed by atoms with Crippen LogP contribution >= 0.6 is 23.4 Å². The number of halogens is 2. The molecular formula is C19H14ClFN2O2S. The molecule has 7 heteroatoms. The molecule has 2 aromatic carbocycles. The Balaban J connectivity index is 1.71. The van der Waals surface area contributed by atoms with E-state index in [1.807, 2.05) is 19.1 Å². The molecule has 0 aliphatic carbocycles. The summed E-state index contributed by atoms with van der Waals surface area (Å²) in [6.07, 6.45) is 1.37. The molecule has 0 saturated heterocycles. The van der Waals surface area contributed by atoms with Crippen LogP contribution in [0.25, 0.3) is 0 Å². The fourth-order valence-electron chi connectivity index (χ4n) is 2.05. The molecule has 0 unspecified atom stereocenters. The third-order valence-corrected chi connectivity index (χ3v) is 4.64. The largest absolute Gasteiger partial charge is 0.422 e. The van der Waals surface area contributed by atoms with Crippen molar-refractivity contribution in [1.29, 1.82) is 0 Å². The van der Waals surface area contributed by atoms with Crippen molar-refractivity contribution in [2.75, 3.05) is 0 Å². The Hall–Kier alpha value is -2.44. The monoisotopic (exact) mass is 388 g/mol. The average Bonchev–Trinajstić information content (AvgIpc) is 2.64. The number of aryl methyl sites for hydroxylation is 1. The highest BCUT2D eigenvalue weighted by Crippen LogP contribution is 2.23. The van der Waals surface area contributed by atoms with Gasteiger partial charge in [-0.15, -0.1) is 0 Å². The molecule has 0 radical (unpaired) electrons. The Morgan fingerprint density at radius 1 is 1.15 bits per heavy atom. The van der Waals surface area contributed by atoms with E-state index in [1.54, 1.807) is 24.3 Å². The van der Waals surface area contributed by atoms with E-state index >= 15 is 0 Å². The minimum atomic E-state index is -0.648. The van der Waals surface area contributed by atoms with Crippen LogP contribution in [0.5, 0.6) is 5.75 Å². The van der Waals surface area contributed by atoms with Crippen molar-refractivity contribution < 1.29 is 13.9 Å². The van der Waals surface area contributed by atoms with E-state index in [0.717, 1.165) is 11.1 Å². The predicted octanol–water partition coefficient (Wildman–Crippen LogP) is 5.09. The molecule has 3 aromatic rings. The van der Waals surface area contributed by atoms with E-state index in [9.17, 15) is 9.18 Å². The zero-order valence-electron chi connectivity index (χ0n) is 13.8. The van der Waals surface area contributed by atoms with Gasteiger partial charge in [0.15, 0.2) is 10.9 Å². The van der Waals surface area contributed by atoms with Gasteiger partial charge in [0, 0.05) is 5.75 Å². The van der Waals surface area contributed by atoms with Crippen molar-refractivity contribution in [1.82, 2.24) is 9.97 Å². The van der Waals surface area contributed by atoms with Crippen molar-refractivity contribution in [3.8, 4) is 5.75 Å². The maximum Gasteiger partial charge on any atom is 0.364 e. The number of thioether (sulfide) groups is 1. The molecule has 0 spiro atoms. The molecule has 0 aliphatic heterocycles. The molecule has 3 rings (SSSR count). The van der Waals surface area contributed by atoms with Crippen LogP contribution in [0.3, 0.4) is 0 Å². The van der Waals surface area contributed by atoms with Crippen molar-refractivity contribution in [2.24, 2.45) is 0 Å². The molecule has 26 heavy (non-hydrogen) atoms. The summed E-state index contributed by atoms with van der Waals surface area (Å²) >= 11 is 7.36. The Kier molecular flexibility index (Phi) is 5.85. The summed E-state index contributed by atoms with van der Waals surface area (Å²) in [5, 5.41) is 0.503. The highest BCUT2D eigenvalue weighted by atomic mass is 35.5. The van der Waals surface area contributed by atoms with E-state index in [-0.39, 0.29) is 16.5 Å². The molecule has 4 nitrogen and oxygen atoms in total. The molecule has 0 N–H and O–H groups in total. The van der Waals surface area contributed by atoms with Gasteiger partial charge in [0.05, 0.1) is 11.2 Å². The highest BCUT2D eigenvalue weighted by molar-refractivity contribution is 7.98. The number of ether oxygens (including phenoxy) is 1. The number of benzene rings is 2. The molecule has 132 valence electrons. The van der Waals surface area contributed by atoms with E-state index in [1.165, 1.54) is 30.1 Å². The molecule has 1 aromatic heterocycles. The summed E-state index contributed by atoms with van der Waals surface area (Å²) in [5.74, 6) is 0.0114. The van der Waals surface area contributed by atoms with E-state index < -0.39 is 5.97 Å². The van der Waals surface area contributed by atoms with Gasteiger partial charge in [0.25, 0.3) is 0 Å². The molecule has 0 amide bonds. The van der Waals surface area contributed by atoms with Gasteiger partial charge in [-0.25, -0.2) is 19.2 Å². The van der Waals surface area contributed by atoms with Crippen LogP contribution in [0.4, 0.5) is 4.39 Å². The van der Waals surface area contributed by atoms with Gasteiger partial charge in [-0.1, -0.05) is 53.2 Å². The summed E-state index contributed by atoms with van der Waals surface area (Å²) in [6, 6.07) is 13.2. The van der Waals surface area contributed by atoms with Gasteiger partial charge in [0.1, 0.15) is 11.6 Å². The van der Waals surface area contributed by atoms with Crippen LogP contribution in [0.2, 0.25) is 5.02 Å². The quantitative estimate of drug-likeness (QED) is 0.264.